The monoisotopic (exact) mass is 603 g/mol. The second kappa shape index (κ2) is 13.1. The van der Waals surface area contributed by atoms with E-state index in [4.69, 9.17) is 23.2 Å². The number of halogens is 2. The number of amides is 2. The SMILES string of the molecule is CC[C@H](C(=O)NC(C)(C)C)N(Cc1c(Cl)cccc1Cl)C(=O)CN(c1ccccc1C)S(=O)(=O)c1ccccc1. The van der Waals surface area contributed by atoms with Gasteiger partial charge >= 0.3 is 0 Å². The minimum absolute atomic E-state index is 0.0456. The molecule has 0 radical (unpaired) electrons. The van der Waals surface area contributed by atoms with E-state index in [2.05, 4.69) is 5.32 Å². The van der Waals surface area contributed by atoms with E-state index in [1.807, 2.05) is 20.8 Å². The van der Waals surface area contributed by atoms with Crippen molar-refractivity contribution < 1.29 is 18.0 Å². The average Bonchev–Trinajstić information content (AvgIpc) is 2.88. The number of para-hydroxylation sites is 1. The fraction of sp³-hybridized carbons (Fsp3) is 0.333. The summed E-state index contributed by atoms with van der Waals surface area (Å²) in [5, 5.41) is 3.61. The summed E-state index contributed by atoms with van der Waals surface area (Å²) < 4.78 is 28.9. The number of sulfonamides is 1. The highest BCUT2D eigenvalue weighted by molar-refractivity contribution is 7.92. The molecule has 0 bridgehead atoms. The quantitative estimate of drug-likeness (QED) is 0.298. The van der Waals surface area contributed by atoms with Crippen LogP contribution in [0.4, 0.5) is 5.69 Å². The molecule has 2 amide bonds. The number of benzene rings is 3. The zero-order valence-corrected chi connectivity index (χ0v) is 25.6. The van der Waals surface area contributed by atoms with Crippen molar-refractivity contribution in [2.24, 2.45) is 0 Å². The van der Waals surface area contributed by atoms with E-state index < -0.39 is 34.1 Å². The molecule has 1 atom stereocenters. The molecule has 10 heteroatoms. The van der Waals surface area contributed by atoms with E-state index in [9.17, 15) is 18.0 Å². The number of aryl methyl sites for hydroxylation is 1. The van der Waals surface area contributed by atoms with Gasteiger partial charge < -0.3 is 10.2 Å². The predicted octanol–water partition coefficient (Wildman–Crippen LogP) is 6.22. The molecular weight excluding hydrogens is 569 g/mol. The molecule has 0 aliphatic heterocycles. The standard InChI is InChI=1S/C30H35Cl2N3O4S/c1-6-26(29(37)33-30(3,4)5)34(19-23-24(31)16-12-17-25(23)32)28(36)20-35(27-18-11-10-13-21(27)2)40(38,39)22-14-8-7-9-15-22/h7-18,26H,6,19-20H2,1-5H3,(H,33,37)/t26-/m1/s1. The number of carbonyl (C=O) groups excluding carboxylic acids is 2. The van der Waals surface area contributed by atoms with E-state index in [0.29, 0.717) is 26.9 Å². The molecule has 0 unspecified atom stereocenters. The molecule has 40 heavy (non-hydrogen) atoms. The molecular formula is C30H35Cl2N3O4S. The summed E-state index contributed by atoms with van der Waals surface area (Å²) in [5.41, 5.74) is 0.954. The zero-order valence-electron chi connectivity index (χ0n) is 23.3. The maximum atomic E-state index is 14.2. The van der Waals surface area contributed by atoms with Gasteiger partial charge in [-0.3, -0.25) is 13.9 Å². The number of hydrogen-bond donors (Lipinski definition) is 1. The Balaban J connectivity index is 2.12. The third-order valence-electron chi connectivity index (χ3n) is 6.27. The number of nitrogens with zero attached hydrogens (tertiary/aromatic N) is 2. The highest BCUT2D eigenvalue weighted by Crippen LogP contribution is 2.30. The van der Waals surface area contributed by atoms with Crippen molar-refractivity contribution in [3.8, 4) is 0 Å². The number of rotatable bonds is 10. The van der Waals surface area contributed by atoms with Crippen molar-refractivity contribution in [3.05, 3.63) is 94.0 Å². The van der Waals surface area contributed by atoms with Crippen molar-refractivity contribution in [1.29, 1.82) is 0 Å². The third kappa shape index (κ3) is 7.56. The Morgan fingerprint density at radius 3 is 2.02 bits per heavy atom. The van der Waals surface area contributed by atoms with Crippen LogP contribution in [0.3, 0.4) is 0 Å². The molecule has 0 fully saturated rings. The van der Waals surface area contributed by atoms with Gasteiger partial charge in [-0.1, -0.05) is 72.6 Å². The van der Waals surface area contributed by atoms with E-state index in [1.54, 1.807) is 74.5 Å². The van der Waals surface area contributed by atoms with Crippen LogP contribution < -0.4 is 9.62 Å². The largest absolute Gasteiger partial charge is 0.350 e. The van der Waals surface area contributed by atoms with Crippen LogP contribution in [-0.4, -0.2) is 43.3 Å². The summed E-state index contributed by atoms with van der Waals surface area (Å²) in [5.74, 6) is -0.936. The zero-order chi connectivity index (χ0) is 29.7. The molecule has 0 aliphatic rings. The van der Waals surface area contributed by atoms with E-state index in [1.165, 1.54) is 17.0 Å². The normalized spacial score (nSPS) is 12.5. The molecule has 0 aliphatic carbocycles. The van der Waals surface area contributed by atoms with Gasteiger partial charge in [-0.05, 0) is 70.0 Å². The van der Waals surface area contributed by atoms with Crippen molar-refractivity contribution in [3.63, 3.8) is 0 Å². The summed E-state index contributed by atoms with van der Waals surface area (Å²) in [6, 6.07) is 19.0. The molecule has 3 rings (SSSR count). The maximum Gasteiger partial charge on any atom is 0.264 e. The van der Waals surface area contributed by atoms with Crippen LogP contribution >= 0.6 is 23.2 Å². The molecule has 7 nitrogen and oxygen atoms in total. The summed E-state index contributed by atoms with van der Waals surface area (Å²) in [6.45, 7) is 8.49. The maximum absolute atomic E-state index is 14.2. The number of anilines is 1. The Labute approximate surface area is 247 Å². The van der Waals surface area contributed by atoms with Crippen molar-refractivity contribution in [2.75, 3.05) is 10.8 Å². The lowest BCUT2D eigenvalue weighted by atomic mass is 10.1. The van der Waals surface area contributed by atoms with E-state index >= 15 is 0 Å². The van der Waals surface area contributed by atoms with Crippen LogP contribution in [0.25, 0.3) is 0 Å². The highest BCUT2D eigenvalue weighted by Gasteiger charge is 2.35. The first-order valence-corrected chi connectivity index (χ1v) is 15.1. The van der Waals surface area contributed by atoms with Gasteiger partial charge in [-0.2, -0.15) is 0 Å². The smallest absolute Gasteiger partial charge is 0.264 e. The fourth-order valence-corrected chi connectivity index (χ4v) is 6.32. The molecule has 0 saturated carbocycles. The minimum Gasteiger partial charge on any atom is -0.350 e. The summed E-state index contributed by atoms with van der Waals surface area (Å²) >= 11 is 12.9. The average molecular weight is 605 g/mol. The van der Waals surface area contributed by atoms with Crippen LogP contribution in [0.15, 0.2) is 77.7 Å². The van der Waals surface area contributed by atoms with Crippen LogP contribution in [0, 0.1) is 6.92 Å². The van der Waals surface area contributed by atoms with Gasteiger partial charge in [0.2, 0.25) is 11.8 Å². The van der Waals surface area contributed by atoms with Crippen LogP contribution in [-0.2, 0) is 26.2 Å². The van der Waals surface area contributed by atoms with Gasteiger partial charge in [-0.15, -0.1) is 0 Å². The molecule has 0 spiro atoms. The molecule has 0 saturated heterocycles. The topological polar surface area (TPSA) is 86.8 Å². The second-order valence-electron chi connectivity index (χ2n) is 10.5. The highest BCUT2D eigenvalue weighted by atomic mass is 35.5. The Morgan fingerprint density at radius 2 is 1.48 bits per heavy atom. The van der Waals surface area contributed by atoms with Gasteiger partial charge in [0, 0.05) is 27.7 Å². The molecule has 3 aromatic rings. The van der Waals surface area contributed by atoms with Gasteiger partial charge in [0.15, 0.2) is 0 Å². The van der Waals surface area contributed by atoms with Crippen LogP contribution in [0.1, 0.15) is 45.2 Å². The van der Waals surface area contributed by atoms with Gasteiger partial charge in [0.05, 0.1) is 10.6 Å². The lowest BCUT2D eigenvalue weighted by Crippen LogP contribution is -2.55. The fourth-order valence-electron chi connectivity index (χ4n) is 4.30. The first kappa shape index (κ1) is 31.5. The summed E-state index contributed by atoms with van der Waals surface area (Å²) in [4.78, 5) is 29.0. The Kier molecular flexibility index (Phi) is 10.3. The first-order valence-electron chi connectivity index (χ1n) is 12.9. The molecule has 3 aromatic carbocycles. The lowest BCUT2D eigenvalue weighted by Gasteiger charge is -2.35. The van der Waals surface area contributed by atoms with Crippen molar-refractivity contribution in [1.82, 2.24) is 10.2 Å². The number of nitrogens with one attached hydrogen (secondary N) is 1. The van der Waals surface area contributed by atoms with Gasteiger partial charge in [0.25, 0.3) is 10.0 Å². The first-order chi connectivity index (χ1) is 18.8. The molecule has 0 aromatic heterocycles. The Bertz CT molecular complexity index is 1440. The molecule has 0 heterocycles. The van der Waals surface area contributed by atoms with Crippen LogP contribution in [0.5, 0.6) is 0 Å². The van der Waals surface area contributed by atoms with Gasteiger partial charge in [0.1, 0.15) is 12.6 Å². The third-order valence-corrected chi connectivity index (χ3v) is 8.75. The van der Waals surface area contributed by atoms with E-state index in [-0.39, 0.29) is 23.8 Å². The lowest BCUT2D eigenvalue weighted by molar-refractivity contribution is -0.141. The molecule has 214 valence electrons. The minimum atomic E-state index is -4.14. The van der Waals surface area contributed by atoms with Crippen molar-refractivity contribution in [2.45, 2.75) is 64.1 Å². The second-order valence-corrected chi connectivity index (χ2v) is 13.2. The predicted molar refractivity (Wildman–Crippen MR) is 161 cm³/mol. The number of carbonyl (C=O) groups is 2. The van der Waals surface area contributed by atoms with E-state index in [0.717, 1.165) is 4.31 Å². The molecule has 1 N–H and O–H groups in total. The Hall–Kier alpha value is -3.07. The van der Waals surface area contributed by atoms with Crippen LogP contribution in [0.2, 0.25) is 10.0 Å². The summed E-state index contributed by atoms with van der Waals surface area (Å²) in [6.07, 6.45) is 0.283. The summed E-state index contributed by atoms with van der Waals surface area (Å²) in [7, 11) is -4.14. The van der Waals surface area contributed by atoms with Crippen molar-refractivity contribution >= 4 is 50.7 Å². The Morgan fingerprint density at radius 1 is 0.900 bits per heavy atom. The number of hydrogen-bond acceptors (Lipinski definition) is 4. The van der Waals surface area contributed by atoms with Gasteiger partial charge in [-0.25, -0.2) is 8.42 Å².